The fourth-order valence-corrected chi connectivity index (χ4v) is 4.29. The zero-order valence-electron chi connectivity index (χ0n) is 33.2. The number of carboxylic acid groups (broad SMARTS) is 1. The highest BCUT2D eigenvalue weighted by molar-refractivity contribution is 6.29. The molecule has 0 aliphatic carbocycles. The van der Waals surface area contributed by atoms with Crippen LogP contribution in [0.2, 0.25) is 10.3 Å². The lowest BCUT2D eigenvalue weighted by Gasteiger charge is -2.21. The molecule has 0 aliphatic rings. The van der Waals surface area contributed by atoms with E-state index in [0.717, 1.165) is 5.56 Å². The van der Waals surface area contributed by atoms with Crippen molar-refractivity contribution in [2.45, 2.75) is 45.9 Å². The number of nitrogens with one attached hydrogen (secondary N) is 3. The summed E-state index contributed by atoms with van der Waals surface area (Å²) in [4.78, 5) is 63.0. The number of carboxylic acids is 1. The molecule has 0 radical (unpaired) electrons. The smallest absolute Gasteiger partial charge is 0.335 e. The molecule has 0 saturated heterocycles. The molecule has 310 valence electrons. The Balaban J connectivity index is 0.000000353. The fraction of sp³-hybridized carbons (Fsp3) is 0.227. The topological polar surface area (TPSA) is 215 Å². The van der Waals surface area contributed by atoms with Crippen molar-refractivity contribution in [2.75, 3.05) is 13.7 Å². The number of hydrogen-bond donors (Lipinski definition) is 6. The van der Waals surface area contributed by atoms with Crippen LogP contribution < -0.4 is 22.0 Å². The van der Waals surface area contributed by atoms with Crippen molar-refractivity contribution in [3.63, 3.8) is 0 Å². The van der Waals surface area contributed by atoms with Crippen LogP contribution >= 0.6 is 23.2 Å². The summed E-state index contributed by atoms with van der Waals surface area (Å²) < 4.78 is 0. The van der Waals surface area contributed by atoms with Crippen LogP contribution in [-0.4, -0.2) is 75.8 Å². The number of carbonyl (C=O) groups is 4. The van der Waals surface area contributed by atoms with E-state index in [2.05, 4.69) is 73.0 Å². The molecule has 4 aromatic rings. The summed E-state index contributed by atoms with van der Waals surface area (Å²) in [5.41, 5.74) is 13.1. The van der Waals surface area contributed by atoms with E-state index in [0.29, 0.717) is 39.2 Å². The number of hydrogen-bond acceptors (Lipinski definition) is 10. The van der Waals surface area contributed by atoms with Gasteiger partial charge in [-0.1, -0.05) is 60.7 Å². The van der Waals surface area contributed by atoms with Crippen molar-refractivity contribution in [1.82, 2.24) is 26.2 Å². The van der Waals surface area contributed by atoms with Crippen molar-refractivity contribution in [3.8, 4) is 47.4 Å². The first kappa shape index (κ1) is 49.4. The molecule has 2 heterocycles. The molecular formula is C44H42Cl2N6O8. The Morgan fingerprint density at radius 2 is 1.13 bits per heavy atom. The molecule has 3 amide bonds. The number of benzene rings is 2. The second-order valence-corrected chi connectivity index (χ2v) is 13.0. The van der Waals surface area contributed by atoms with Crippen LogP contribution in [0.1, 0.15) is 70.7 Å². The lowest BCUT2D eigenvalue weighted by atomic mass is 10.0. The van der Waals surface area contributed by atoms with Crippen molar-refractivity contribution >= 4 is 46.9 Å². The van der Waals surface area contributed by atoms with Crippen LogP contribution in [0, 0.1) is 53.3 Å². The van der Waals surface area contributed by atoms with E-state index in [1.54, 1.807) is 80.0 Å². The second kappa shape index (κ2) is 27.1. The number of hydroxylamine groups is 2. The van der Waals surface area contributed by atoms with Crippen LogP contribution in [0.25, 0.3) is 0 Å². The van der Waals surface area contributed by atoms with Gasteiger partial charge in [0.05, 0.1) is 25.4 Å². The highest BCUT2D eigenvalue weighted by Gasteiger charge is 2.25. The Labute approximate surface area is 358 Å². The van der Waals surface area contributed by atoms with E-state index < -0.39 is 36.0 Å². The van der Waals surface area contributed by atoms with Crippen molar-refractivity contribution in [1.29, 1.82) is 0 Å². The minimum Gasteiger partial charge on any atom is -0.478 e. The van der Waals surface area contributed by atoms with Crippen LogP contribution in [0.4, 0.5) is 0 Å². The quantitative estimate of drug-likeness (QED) is 0.0757. The molecule has 0 bridgehead atoms. The molecule has 0 fully saturated rings. The third kappa shape index (κ3) is 19.1. The number of nitrogens with two attached hydrogens (primary N) is 1. The Morgan fingerprint density at radius 3 is 1.50 bits per heavy atom. The molecule has 0 spiro atoms. The number of aromatic carboxylic acids is 1. The lowest BCUT2D eigenvalue weighted by Crippen LogP contribution is -2.49. The predicted octanol–water partition coefficient (Wildman–Crippen LogP) is 4.17. The van der Waals surface area contributed by atoms with Crippen molar-refractivity contribution < 1.29 is 39.1 Å². The zero-order valence-corrected chi connectivity index (χ0v) is 34.7. The molecule has 3 atom stereocenters. The molecule has 60 heavy (non-hydrogen) atoms. The number of carbonyl (C=O) groups excluding carboxylic acids is 3. The maximum absolute atomic E-state index is 12.5. The van der Waals surface area contributed by atoms with Gasteiger partial charge in [-0.2, -0.15) is 0 Å². The van der Waals surface area contributed by atoms with Gasteiger partial charge in [-0.25, -0.2) is 25.7 Å². The van der Waals surface area contributed by atoms with Crippen LogP contribution in [-0.2, 0) is 19.3 Å². The van der Waals surface area contributed by atoms with Gasteiger partial charge in [0.15, 0.2) is 0 Å². The molecule has 1 unspecified atom stereocenters. The number of aromatic nitrogens is 2. The van der Waals surface area contributed by atoms with E-state index >= 15 is 0 Å². The average Bonchev–Trinajstić information content (AvgIpc) is 3.23. The molecule has 2 aromatic heterocycles. The van der Waals surface area contributed by atoms with Gasteiger partial charge in [0.2, 0.25) is 0 Å². The number of rotatable bonds is 10. The minimum atomic E-state index is -0.959. The van der Waals surface area contributed by atoms with Crippen LogP contribution in [0.15, 0.2) is 85.2 Å². The predicted molar refractivity (Wildman–Crippen MR) is 227 cm³/mol. The Bertz CT molecular complexity index is 2290. The number of aliphatic hydroxyl groups excluding tert-OH is 1. The molecular weight excluding hydrogens is 811 g/mol. The van der Waals surface area contributed by atoms with Crippen LogP contribution in [0.5, 0.6) is 0 Å². The van der Waals surface area contributed by atoms with Crippen molar-refractivity contribution in [3.05, 3.63) is 129 Å². The summed E-state index contributed by atoms with van der Waals surface area (Å²) in [6.07, 6.45) is 2.28. The SMILES string of the molecule is CCONC(=O)C(NC(=O)c1ccc(C#CC#Cc2ccc(Cl)nc2)cc1)C(C)C.CONC(=O)[C@@H](N)[C@H](C)O.O=C(O)c1ccc(C#CC#Cc2ccc(Cl)nc2)cc1. The van der Waals surface area contributed by atoms with Gasteiger partial charge in [-0.15, -0.1) is 0 Å². The Hall–Kier alpha value is -6.72. The normalized spacial score (nSPS) is 11.0. The fourth-order valence-electron chi connectivity index (χ4n) is 4.07. The van der Waals surface area contributed by atoms with E-state index in [-0.39, 0.29) is 17.4 Å². The largest absolute Gasteiger partial charge is 0.478 e. The Kier molecular flexibility index (Phi) is 22.3. The summed E-state index contributed by atoms with van der Waals surface area (Å²) >= 11 is 11.4. The van der Waals surface area contributed by atoms with Gasteiger partial charge in [0.1, 0.15) is 22.4 Å². The highest BCUT2D eigenvalue weighted by Crippen LogP contribution is 2.08. The van der Waals surface area contributed by atoms with E-state index in [9.17, 15) is 19.2 Å². The third-order valence-electron chi connectivity index (χ3n) is 7.26. The third-order valence-corrected chi connectivity index (χ3v) is 7.71. The van der Waals surface area contributed by atoms with Gasteiger partial charge in [-0.05, 0) is 116 Å². The first-order valence-electron chi connectivity index (χ1n) is 17.8. The molecule has 2 aromatic carbocycles. The summed E-state index contributed by atoms with van der Waals surface area (Å²) in [5, 5.41) is 21.1. The second-order valence-electron chi connectivity index (χ2n) is 12.2. The summed E-state index contributed by atoms with van der Waals surface area (Å²) in [6, 6.07) is 18.2. The molecule has 4 rings (SSSR count). The van der Waals surface area contributed by atoms with Gasteiger partial charge in [0.25, 0.3) is 17.7 Å². The number of aliphatic hydroxyl groups is 1. The summed E-state index contributed by atoms with van der Waals surface area (Å²) in [6.45, 7) is 7.22. The van der Waals surface area contributed by atoms with Gasteiger partial charge in [0, 0.05) is 40.2 Å². The molecule has 7 N–H and O–H groups in total. The minimum absolute atomic E-state index is 0.103. The number of halogens is 2. The number of nitrogens with zero attached hydrogens (tertiary/aromatic N) is 2. The summed E-state index contributed by atoms with van der Waals surface area (Å²) in [5.74, 6) is 20.0. The van der Waals surface area contributed by atoms with E-state index in [1.165, 1.54) is 26.2 Å². The first-order valence-corrected chi connectivity index (χ1v) is 18.6. The van der Waals surface area contributed by atoms with Gasteiger partial charge >= 0.3 is 5.97 Å². The maximum Gasteiger partial charge on any atom is 0.335 e. The molecule has 0 aliphatic heterocycles. The van der Waals surface area contributed by atoms with Crippen molar-refractivity contribution in [2.24, 2.45) is 11.7 Å². The summed E-state index contributed by atoms with van der Waals surface area (Å²) in [7, 11) is 1.30. The molecule has 16 heteroatoms. The standard InChI is InChI=1S/C23H22ClN3O3.C16H8ClNO2.C5H12N2O3/c1-4-30-27-23(29)21(16(2)3)26-22(28)19-12-9-17(10-13-19)7-5-6-8-18-11-14-20(24)25-15-18;17-15-10-7-13(11-18-15)4-2-1-3-12-5-8-14(9-6-12)16(19)20;1-3(8)4(6)5(9)7-10-2/h9-16,21H,4H2,1-3H3,(H,26,28)(H,27,29);5-11H,(H,19,20);3-4,8H,6H2,1-2H3,(H,7,9)/t;;3-,4-/m..0/s1. The molecule has 0 saturated carbocycles. The first-order chi connectivity index (χ1) is 28.6. The lowest BCUT2D eigenvalue weighted by molar-refractivity contribution is -0.136. The maximum atomic E-state index is 12.5. The zero-order chi connectivity index (χ0) is 44.5. The van der Waals surface area contributed by atoms with E-state index in [4.69, 9.17) is 44.0 Å². The highest BCUT2D eigenvalue weighted by atomic mass is 35.5. The molecule has 14 nitrogen and oxygen atoms in total. The van der Waals surface area contributed by atoms with Gasteiger partial charge in [-0.3, -0.25) is 24.1 Å². The number of pyridine rings is 2. The average molecular weight is 854 g/mol. The number of amides is 3. The monoisotopic (exact) mass is 852 g/mol. The Morgan fingerprint density at radius 1 is 0.700 bits per heavy atom. The van der Waals surface area contributed by atoms with Crippen LogP contribution in [0.3, 0.4) is 0 Å². The van der Waals surface area contributed by atoms with Gasteiger partial charge < -0.3 is 21.3 Å². The van der Waals surface area contributed by atoms with E-state index in [1.807, 2.05) is 19.3 Å².